The van der Waals surface area contributed by atoms with Gasteiger partial charge < -0.3 is 15.0 Å². The molecule has 2 N–H and O–H groups in total. The zero-order valence-electron chi connectivity index (χ0n) is 9.55. The first-order chi connectivity index (χ1) is 8.16. The van der Waals surface area contributed by atoms with E-state index >= 15 is 0 Å². The Morgan fingerprint density at radius 1 is 1.41 bits per heavy atom. The fraction of sp³-hybridized carbons (Fsp3) is 0.154. The highest BCUT2D eigenvalue weighted by molar-refractivity contribution is 5.88. The number of rotatable bonds is 4. The molecule has 4 heteroatoms. The lowest BCUT2D eigenvalue weighted by Crippen LogP contribution is -2.16. The number of hydrogen-bond donors (Lipinski definition) is 2. The molecule has 0 atom stereocenters. The molecule has 1 heterocycles. The maximum absolute atomic E-state index is 10.9. The molecule has 1 aromatic heterocycles. The summed E-state index contributed by atoms with van der Waals surface area (Å²) in [6, 6.07) is 8.92. The average molecular weight is 230 g/mol. The van der Waals surface area contributed by atoms with Crippen molar-refractivity contribution in [1.82, 2.24) is 4.98 Å². The van der Waals surface area contributed by atoms with Crippen LogP contribution in [0.5, 0.6) is 0 Å². The van der Waals surface area contributed by atoms with E-state index in [-0.39, 0.29) is 0 Å². The van der Waals surface area contributed by atoms with Gasteiger partial charge in [-0.25, -0.2) is 4.79 Å². The van der Waals surface area contributed by atoms with Gasteiger partial charge in [0.05, 0.1) is 5.56 Å². The van der Waals surface area contributed by atoms with Crippen LogP contribution in [-0.4, -0.2) is 23.1 Å². The van der Waals surface area contributed by atoms with Gasteiger partial charge >= 0.3 is 5.97 Å². The second-order valence-corrected chi connectivity index (χ2v) is 3.93. The van der Waals surface area contributed by atoms with E-state index in [1.54, 1.807) is 18.2 Å². The van der Waals surface area contributed by atoms with Crippen LogP contribution >= 0.6 is 0 Å². The summed E-state index contributed by atoms with van der Waals surface area (Å²) >= 11 is 0. The molecule has 17 heavy (non-hydrogen) atoms. The fourth-order valence-corrected chi connectivity index (χ4v) is 1.70. The zero-order valence-corrected chi connectivity index (χ0v) is 9.55. The number of aromatic carboxylic acids is 1. The van der Waals surface area contributed by atoms with E-state index in [0.29, 0.717) is 5.56 Å². The van der Waals surface area contributed by atoms with Crippen LogP contribution < -0.4 is 4.90 Å². The maximum atomic E-state index is 10.9. The summed E-state index contributed by atoms with van der Waals surface area (Å²) in [4.78, 5) is 15.9. The van der Waals surface area contributed by atoms with E-state index in [0.717, 1.165) is 17.8 Å². The Morgan fingerprint density at radius 3 is 2.88 bits per heavy atom. The summed E-state index contributed by atoms with van der Waals surface area (Å²) in [5.74, 6) is -0.901. The van der Waals surface area contributed by atoms with Crippen LogP contribution in [-0.2, 0) is 6.54 Å². The molecule has 1 aromatic carbocycles. The quantitative estimate of drug-likeness (QED) is 0.847. The van der Waals surface area contributed by atoms with Gasteiger partial charge in [0.2, 0.25) is 0 Å². The number of benzene rings is 1. The molecule has 0 saturated carbocycles. The molecular formula is C13H14N2O2. The molecule has 0 unspecified atom stereocenters. The van der Waals surface area contributed by atoms with Crippen LogP contribution in [0.4, 0.5) is 5.69 Å². The Hall–Kier alpha value is -2.23. The summed E-state index contributed by atoms with van der Waals surface area (Å²) in [6.45, 7) is 0.743. The number of carbonyl (C=O) groups is 1. The molecule has 2 aromatic rings. The number of aromatic nitrogens is 1. The van der Waals surface area contributed by atoms with Crippen LogP contribution in [0.15, 0.2) is 42.7 Å². The van der Waals surface area contributed by atoms with Crippen molar-refractivity contribution >= 4 is 11.7 Å². The number of aromatic amines is 1. The number of nitrogens with one attached hydrogen (secondary N) is 1. The standard InChI is InChI=1S/C13H14N2O2/c1-15(9-10-5-6-14-8-10)12-4-2-3-11(7-12)13(16)17/h2-8,14H,9H2,1H3,(H,16,17). The highest BCUT2D eigenvalue weighted by atomic mass is 16.4. The Bertz CT molecular complexity index is 506. The maximum Gasteiger partial charge on any atom is 0.335 e. The van der Waals surface area contributed by atoms with E-state index < -0.39 is 5.97 Å². The Labute approximate surface area is 99.5 Å². The number of carboxylic acid groups (broad SMARTS) is 1. The minimum absolute atomic E-state index is 0.309. The van der Waals surface area contributed by atoms with Gasteiger partial charge in [0.25, 0.3) is 0 Å². The number of nitrogens with zero attached hydrogens (tertiary/aromatic N) is 1. The van der Waals surface area contributed by atoms with Crippen molar-refractivity contribution in [1.29, 1.82) is 0 Å². The fourth-order valence-electron chi connectivity index (χ4n) is 1.70. The van der Waals surface area contributed by atoms with E-state index in [4.69, 9.17) is 5.11 Å². The molecule has 0 fully saturated rings. The highest BCUT2D eigenvalue weighted by Gasteiger charge is 2.06. The Kier molecular flexibility index (Phi) is 3.14. The third-order valence-corrected chi connectivity index (χ3v) is 2.62. The third kappa shape index (κ3) is 2.66. The van der Waals surface area contributed by atoms with E-state index in [1.807, 2.05) is 36.5 Å². The van der Waals surface area contributed by atoms with Gasteiger partial charge in [0.15, 0.2) is 0 Å². The zero-order chi connectivity index (χ0) is 12.3. The molecule has 0 radical (unpaired) electrons. The SMILES string of the molecule is CN(Cc1cc[nH]c1)c1cccc(C(=O)O)c1. The van der Waals surface area contributed by atoms with E-state index in [9.17, 15) is 4.79 Å². The first kappa shape index (κ1) is 11.3. The lowest BCUT2D eigenvalue weighted by atomic mass is 10.2. The first-order valence-corrected chi connectivity index (χ1v) is 5.33. The van der Waals surface area contributed by atoms with Crippen molar-refractivity contribution in [2.45, 2.75) is 6.54 Å². The van der Waals surface area contributed by atoms with Gasteiger partial charge in [-0.05, 0) is 29.8 Å². The van der Waals surface area contributed by atoms with Crippen LogP contribution in [0.25, 0.3) is 0 Å². The van der Waals surface area contributed by atoms with Gasteiger partial charge in [-0.3, -0.25) is 0 Å². The third-order valence-electron chi connectivity index (χ3n) is 2.62. The van der Waals surface area contributed by atoms with Gasteiger partial charge in [-0.15, -0.1) is 0 Å². The van der Waals surface area contributed by atoms with Gasteiger partial charge in [0, 0.05) is 31.7 Å². The number of H-pyrrole nitrogens is 1. The number of hydrogen-bond acceptors (Lipinski definition) is 2. The number of anilines is 1. The Morgan fingerprint density at radius 2 is 2.24 bits per heavy atom. The molecule has 88 valence electrons. The normalized spacial score (nSPS) is 10.2. The minimum Gasteiger partial charge on any atom is -0.478 e. The molecule has 0 spiro atoms. The second-order valence-electron chi connectivity index (χ2n) is 3.93. The first-order valence-electron chi connectivity index (χ1n) is 5.33. The lowest BCUT2D eigenvalue weighted by Gasteiger charge is -2.18. The van der Waals surface area contributed by atoms with Crippen molar-refractivity contribution < 1.29 is 9.90 Å². The van der Waals surface area contributed by atoms with Crippen LogP contribution in [0.3, 0.4) is 0 Å². The summed E-state index contributed by atoms with van der Waals surface area (Å²) < 4.78 is 0. The minimum atomic E-state index is -0.901. The topological polar surface area (TPSA) is 56.3 Å². The predicted molar refractivity (Wildman–Crippen MR) is 66.3 cm³/mol. The van der Waals surface area contributed by atoms with E-state index in [2.05, 4.69) is 4.98 Å². The lowest BCUT2D eigenvalue weighted by molar-refractivity contribution is 0.0697. The molecule has 0 amide bonds. The molecular weight excluding hydrogens is 216 g/mol. The summed E-state index contributed by atoms with van der Waals surface area (Å²) in [6.07, 6.45) is 3.80. The van der Waals surface area contributed by atoms with Crippen molar-refractivity contribution in [3.05, 3.63) is 53.9 Å². The largest absolute Gasteiger partial charge is 0.478 e. The van der Waals surface area contributed by atoms with Crippen molar-refractivity contribution in [2.24, 2.45) is 0 Å². The number of carboxylic acids is 1. The monoisotopic (exact) mass is 230 g/mol. The smallest absolute Gasteiger partial charge is 0.335 e. The van der Waals surface area contributed by atoms with Crippen molar-refractivity contribution in [3.63, 3.8) is 0 Å². The van der Waals surface area contributed by atoms with E-state index in [1.165, 1.54) is 0 Å². The average Bonchev–Trinajstić information content (AvgIpc) is 2.82. The summed E-state index contributed by atoms with van der Waals surface area (Å²) in [7, 11) is 1.94. The second kappa shape index (κ2) is 4.74. The van der Waals surface area contributed by atoms with Crippen molar-refractivity contribution in [2.75, 3.05) is 11.9 Å². The Balaban J connectivity index is 2.16. The van der Waals surface area contributed by atoms with Crippen LogP contribution in [0.2, 0.25) is 0 Å². The summed E-state index contributed by atoms with van der Waals surface area (Å²) in [5.41, 5.74) is 2.36. The van der Waals surface area contributed by atoms with Crippen LogP contribution in [0, 0.1) is 0 Å². The van der Waals surface area contributed by atoms with Crippen molar-refractivity contribution in [3.8, 4) is 0 Å². The molecule has 0 aliphatic heterocycles. The van der Waals surface area contributed by atoms with Gasteiger partial charge in [-0.2, -0.15) is 0 Å². The molecule has 0 saturated heterocycles. The summed E-state index contributed by atoms with van der Waals surface area (Å²) in [5, 5.41) is 8.92. The molecule has 2 rings (SSSR count). The predicted octanol–water partition coefficient (Wildman–Crippen LogP) is 2.35. The molecule has 0 bridgehead atoms. The van der Waals surface area contributed by atoms with Crippen LogP contribution in [0.1, 0.15) is 15.9 Å². The molecule has 4 nitrogen and oxygen atoms in total. The highest BCUT2D eigenvalue weighted by Crippen LogP contribution is 2.17. The van der Waals surface area contributed by atoms with Gasteiger partial charge in [0.1, 0.15) is 0 Å². The van der Waals surface area contributed by atoms with Gasteiger partial charge in [-0.1, -0.05) is 6.07 Å². The molecule has 0 aliphatic carbocycles. The molecule has 0 aliphatic rings.